The number of hydrogen-bond donors (Lipinski definition) is 1. The number of benzene rings is 1. The van der Waals surface area contributed by atoms with Crippen molar-refractivity contribution in [3.05, 3.63) is 48.0 Å². The van der Waals surface area contributed by atoms with Gasteiger partial charge in [-0.1, -0.05) is 26.0 Å². The minimum absolute atomic E-state index is 0.490. The van der Waals surface area contributed by atoms with E-state index < -0.39 is 0 Å². The van der Waals surface area contributed by atoms with Crippen LogP contribution in [0.4, 0.5) is 0 Å². The van der Waals surface area contributed by atoms with Gasteiger partial charge in [0.15, 0.2) is 0 Å². The molecule has 0 unspecified atom stereocenters. The van der Waals surface area contributed by atoms with Crippen LogP contribution in [-0.4, -0.2) is 22.2 Å². The molecule has 0 spiro atoms. The first-order valence-corrected chi connectivity index (χ1v) is 7.08. The third kappa shape index (κ3) is 4.38. The Bertz CT molecular complexity index is 534. The first-order chi connectivity index (χ1) is 9.65. The van der Waals surface area contributed by atoms with Crippen molar-refractivity contribution in [2.45, 2.75) is 39.9 Å². The van der Waals surface area contributed by atoms with Crippen LogP contribution in [0.5, 0.6) is 5.75 Å². The van der Waals surface area contributed by atoms with Gasteiger partial charge in [-0.05, 0) is 24.6 Å². The molecule has 4 nitrogen and oxygen atoms in total. The molecule has 20 heavy (non-hydrogen) atoms. The highest BCUT2D eigenvalue weighted by molar-refractivity contribution is 5.28. The Morgan fingerprint density at radius 3 is 2.90 bits per heavy atom. The predicted molar refractivity (Wildman–Crippen MR) is 80.9 cm³/mol. The Kier molecular flexibility index (Phi) is 5.18. The highest BCUT2D eigenvalue weighted by Gasteiger charge is 2.00. The summed E-state index contributed by atoms with van der Waals surface area (Å²) in [6, 6.07) is 8.73. The van der Waals surface area contributed by atoms with Gasteiger partial charge in [-0.25, -0.2) is 4.98 Å². The molecular weight excluding hydrogens is 250 g/mol. The second kappa shape index (κ2) is 7.10. The van der Waals surface area contributed by atoms with Crippen molar-refractivity contribution in [3.8, 4) is 5.75 Å². The molecule has 0 aliphatic rings. The van der Waals surface area contributed by atoms with E-state index in [1.165, 1.54) is 5.56 Å². The number of nitrogens with zero attached hydrogens (tertiary/aromatic N) is 2. The fourth-order valence-corrected chi connectivity index (χ4v) is 1.97. The van der Waals surface area contributed by atoms with E-state index >= 15 is 0 Å². The maximum Gasteiger partial charge on any atom is 0.119 e. The van der Waals surface area contributed by atoms with Gasteiger partial charge in [-0.3, -0.25) is 0 Å². The highest BCUT2D eigenvalue weighted by atomic mass is 16.5. The Labute approximate surface area is 120 Å². The van der Waals surface area contributed by atoms with E-state index in [0.29, 0.717) is 12.6 Å². The third-order valence-electron chi connectivity index (χ3n) is 3.14. The van der Waals surface area contributed by atoms with Crippen LogP contribution >= 0.6 is 0 Å². The van der Waals surface area contributed by atoms with Crippen molar-refractivity contribution in [1.29, 1.82) is 0 Å². The van der Waals surface area contributed by atoms with E-state index in [1.54, 1.807) is 0 Å². The van der Waals surface area contributed by atoms with E-state index in [4.69, 9.17) is 4.74 Å². The van der Waals surface area contributed by atoms with E-state index in [0.717, 1.165) is 24.7 Å². The van der Waals surface area contributed by atoms with Crippen LogP contribution in [-0.2, 0) is 13.1 Å². The summed E-state index contributed by atoms with van der Waals surface area (Å²) < 4.78 is 7.89. The van der Waals surface area contributed by atoms with E-state index in [2.05, 4.69) is 40.8 Å². The first-order valence-electron chi connectivity index (χ1n) is 7.08. The monoisotopic (exact) mass is 273 g/mol. The summed E-state index contributed by atoms with van der Waals surface area (Å²) >= 11 is 0. The zero-order valence-corrected chi connectivity index (χ0v) is 12.5. The first kappa shape index (κ1) is 14.6. The molecule has 108 valence electrons. The minimum atomic E-state index is 0.490. The molecule has 0 amide bonds. The number of aryl methyl sites for hydroxylation is 1. The summed E-state index contributed by atoms with van der Waals surface area (Å²) in [4.78, 5) is 4.20. The lowest BCUT2D eigenvalue weighted by molar-refractivity contribution is 0.296. The highest BCUT2D eigenvalue weighted by Crippen LogP contribution is 2.13. The molecule has 1 N–H and O–H groups in total. The molecule has 0 aliphatic heterocycles. The standard InChI is InChI=1S/C16H23N3O/c1-13(2)18-12-15-5-4-6-16(11-15)20-10-9-19-8-7-17-14(19)3/h4-8,11,13,18H,9-10,12H2,1-3H3. The topological polar surface area (TPSA) is 39.1 Å². The van der Waals surface area contributed by atoms with Gasteiger partial charge >= 0.3 is 0 Å². The molecule has 4 heteroatoms. The molecule has 0 aliphatic carbocycles. The summed E-state index contributed by atoms with van der Waals surface area (Å²) in [7, 11) is 0. The zero-order valence-electron chi connectivity index (χ0n) is 12.5. The van der Waals surface area contributed by atoms with Gasteiger partial charge < -0.3 is 14.6 Å². The van der Waals surface area contributed by atoms with Crippen LogP contribution in [0.1, 0.15) is 25.2 Å². The molecule has 1 heterocycles. The predicted octanol–water partition coefficient (Wildman–Crippen LogP) is 2.77. The average Bonchev–Trinajstić information content (AvgIpc) is 2.83. The van der Waals surface area contributed by atoms with Gasteiger partial charge in [0, 0.05) is 25.0 Å². The quantitative estimate of drug-likeness (QED) is 0.843. The molecule has 0 saturated carbocycles. The molecule has 0 bridgehead atoms. The van der Waals surface area contributed by atoms with Crippen molar-refractivity contribution < 1.29 is 4.74 Å². The molecular formula is C16H23N3O. The molecule has 1 aromatic heterocycles. The lowest BCUT2D eigenvalue weighted by Gasteiger charge is -2.11. The maximum atomic E-state index is 5.81. The van der Waals surface area contributed by atoms with Crippen molar-refractivity contribution in [2.75, 3.05) is 6.61 Å². The van der Waals surface area contributed by atoms with Crippen molar-refractivity contribution in [3.63, 3.8) is 0 Å². The largest absolute Gasteiger partial charge is 0.492 e. The lowest BCUT2D eigenvalue weighted by atomic mass is 10.2. The van der Waals surface area contributed by atoms with Crippen LogP contribution < -0.4 is 10.1 Å². The molecule has 0 saturated heterocycles. The summed E-state index contributed by atoms with van der Waals surface area (Å²) in [5.41, 5.74) is 1.25. The van der Waals surface area contributed by atoms with Crippen LogP contribution in [0.25, 0.3) is 0 Å². The number of ether oxygens (including phenoxy) is 1. The van der Waals surface area contributed by atoms with Crippen LogP contribution in [0.15, 0.2) is 36.7 Å². The van der Waals surface area contributed by atoms with Gasteiger partial charge in [-0.15, -0.1) is 0 Å². The van der Waals surface area contributed by atoms with Gasteiger partial charge in [0.25, 0.3) is 0 Å². The minimum Gasteiger partial charge on any atom is -0.492 e. The number of hydrogen-bond acceptors (Lipinski definition) is 3. The van der Waals surface area contributed by atoms with E-state index in [1.807, 2.05) is 31.5 Å². The summed E-state index contributed by atoms with van der Waals surface area (Å²) in [5.74, 6) is 1.94. The Morgan fingerprint density at radius 2 is 2.20 bits per heavy atom. The fourth-order valence-electron chi connectivity index (χ4n) is 1.97. The second-order valence-corrected chi connectivity index (χ2v) is 5.20. The third-order valence-corrected chi connectivity index (χ3v) is 3.14. The Balaban J connectivity index is 1.83. The van der Waals surface area contributed by atoms with E-state index in [-0.39, 0.29) is 0 Å². The molecule has 2 rings (SSSR count). The second-order valence-electron chi connectivity index (χ2n) is 5.20. The Morgan fingerprint density at radius 1 is 1.35 bits per heavy atom. The van der Waals surface area contributed by atoms with Crippen LogP contribution in [0.3, 0.4) is 0 Å². The maximum absolute atomic E-state index is 5.81. The van der Waals surface area contributed by atoms with Gasteiger partial charge in [0.05, 0.1) is 6.54 Å². The number of nitrogens with one attached hydrogen (secondary N) is 1. The smallest absolute Gasteiger partial charge is 0.119 e. The summed E-state index contributed by atoms with van der Waals surface area (Å²) in [6.07, 6.45) is 3.79. The Hall–Kier alpha value is -1.81. The van der Waals surface area contributed by atoms with Crippen molar-refractivity contribution in [2.24, 2.45) is 0 Å². The lowest BCUT2D eigenvalue weighted by Crippen LogP contribution is -2.21. The molecule has 0 fully saturated rings. The summed E-state index contributed by atoms with van der Waals surface area (Å²) in [6.45, 7) is 8.63. The van der Waals surface area contributed by atoms with E-state index in [9.17, 15) is 0 Å². The van der Waals surface area contributed by atoms with Gasteiger partial charge in [-0.2, -0.15) is 0 Å². The van der Waals surface area contributed by atoms with Crippen LogP contribution in [0, 0.1) is 6.92 Å². The van der Waals surface area contributed by atoms with Crippen molar-refractivity contribution in [1.82, 2.24) is 14.9 Å². The van der Waals surface area contributed by atoms with Crippen LogP contribution in [0.2, 0.25) is 0 Å². The number of imidazole rings is 1. The molecule has 1 aromatic carbocycles. The molecule has 0 atom stereocenters. The van der Waals surface area contributed by atoms with Gasteiger partial charge in [0.1, 0.15) is 18.2 Å². The molecule has 0 radical (unpaired) electrons. The normalized spacial score (nSPS) is 11.0. The SMILES string of the molecule is Cc1nccn1CCOc1cccc(CNC(C)C)c1. The number of rotatable bonds is 7. The zero-order chi connectivity index (χ0) is 14.4. The summed E-state index contributed by atoms with van der Waals surface area (Å²) in [5, 5.41) is 3.41. The van der Waals surface area contributed by atoms with Crippen molar-refractivity contribution >= 4 is 0 Å². The average molecular weight is 273 g/mol. The number of aromatic nitrogens is 2. The van der Waals surface area contributed by atoms with Gasteiger partial charge in [0.2, 0.25) is 0 Å². The fraction of sp³-hybridized carbons (Fsp3) is 0.438. The molecule has 2 aromatic rings.